The van der Waals surface area contributed by atoms with Gasteiger partial charge in [-0.05, 0) is 12.1 Å². The zero-order valence-electron chi connectivity index (χ0n) is 15.9. The minimum absolute atomic E-state index is 0.112. The Labute approximate surface area is 172 Å². The third-order valence-electron chi connectivity index (χ3n) is 4.87. The molecule has 2 aromatic rings. The first-order chi connectivity index (χ1) is 14.6. The average molecular weight is 404 g/mol. The first-order valence-corrected chi connectivity index (χ1v) is 9.36. The molecule has 30 heavy (non-hydrogen) atoms. The molecule has 4 rings (SSSR count). The summed E-state index contributed by atoms with van der Waals surface area (Å²) in [6, 6.07) is 14.5. The molecule has 0 aliphatic carbocycles. The maximum absolute atomic E-state index is 14.0. The molecular formula is C22H17FN4O3. The molecule has 0 bridgehead atoms. The number of nitrogens with one attached hydrogen (secondary N) is 1. The molecule has 0 atom stereocenters. The normalized spacial score (nSPS) is 16.9. The number of rotatable bonds is 2. The molecule has 0 unspecified atom stereocenters. The largest absolute Gasteiger partial charge is 0.378 e. The molecule has 0 saturated carbocycles. The van der Waals surface area contributed by atoms with E-state index in [1.54, 1.807) is 35.2 Å². The van der Waals surface area contributed by atoms with E-state index < -0.39 is 17.6 Å². The second-order valence-corrected chi connectivity index (χ2v) is 6.68. The van der Waals surface area contributed by atoms with Crippen LogP contribution < -0.4 is 5.32 Å². The summed E-state index contributed by atoms with van der Waals surface area (Å²) in [5.74, 6) is -1.59. The fourth-order valence-electron chi connectivity index (χ4n) is 3.36. The fraction of sp³-hybridized carbons (Fsp3) is 0.182. The van der Waals surface area contributed by atoms with E-state index in [0.717, 1.165) is 0 Å². The summed E-state index contributed by atoms with van der Waals surface area (Å²) in [7, 11) is 0. The van der Waals surface area contributed by atoms with E-state index >= 15 is 0 Å². The number of carbonyl (C=O) groups excluding carboxylic acids is 2. The molecule has 0 spiro atoms. The molecule has 2 aliphatic rings. The molecule has 1 N–H and O–H groups in total. The molecule has 2 aromatic carbocycles. The van der Waals surface area contributed by atoms with E-state index in [1.165, 1.54) is 18.2 Å². The zero-order chi connectivity index (χ0) is 21.1. The minimum atomic E-state index is -0.666. The molecule has 8 heteroatoms. The molecule has 2 amide bonds. The summed E-state index contributed by atoms with van der Waals surface area (Å²) in [6.07, 6.45) is 0. The summed E-state index contributed by atoms with van der Waals surface area (Å²) in [5.41, 5.74) is 1.06. The lowest BCUT2D eigenvalue weighted by atomic mass is 10.0. The number of nitriles is 1. The van der Waals surface area contributed by atoms with Crippen LogP contribution in [0, 0.1) is 17.1 Å². The van der Waals surface area contributed by atoms with Crippen molar-refractivity contribution in [2.45, 2.75) is 0 Å². The minimum Gasteiger partial charge on any atom is -0.378 e. The molecule has 1 fully saturated rings. The SMILES string of the molecule is N#C/C(C(=O)N1CCOCC1)=C1\N=C(NC(=O)c2ccccc2F)c2ccccc21. The van der Waals surface area contributed by atoms with E-state index in [-0.39, 0.29) is 22.7 Å². The highest BCUT2D eigenvalue weighted by molar-refractivity contribution is 6.20. The number of amides is 2. The van der Waals surface area contributed by atoms with Crippen LogP contribution in [0.1, 0.15) is 21.5 Å². The van der Waals surface area contributed by atoms with Crippen LogP contribution in [-0.4, -0.2) is 48.9 Å². The van der Waals surface area contributed by atoms with Gasteiger partial charge in [-0.25, -0.2) is 9.38 Å². The van der Waals surface area contributed by atoms with Crippen LogP contribution in [0.25, 0.3) is 5.70 Å². The average Bonchev–Trinajstić information content (AvgIpc) is 3.13. The van der Waals surface area contributed by atoms with Gasteiger partial charge in [0.1, 0.15) is 23.3 Å². The van der Waals surface area contributed by atoms with Gasteiger partial charge in [-0.1, -0.05) is 36.4 Å². The maximum Gasteiger partial charge on any atom is 0.266 e. The van der Waals surface area contributed by atoms with Crippen molar-refractivity contribution in [1.29, 1.82) is 5.26 Å². The van der Waals surface area contributed by atoms with Crippen molar-refractivity contribution >= 4 is 23.3 Å². The van der Waals surface area contributed by atoms with Crippen LogP contribution in [0.4, 0.5) is 4.39 Å². The smallest absolute Gasteiger partial charge is 0.266 e. The van der Waals surface area contributed by atoms with Gasteiger partial charge in [-0.15, -0.1) is 0 Å². The summed E-state index contributed by atoms with van der Waals surface area (Å²) in [4.78, 5) is 31.4. The first kappa shape index (κ1) is 19.5. The Hall–Kier alpha value is -3.83. The molecule has 2 aliphatic heterocycles. The summed E-state index contributed by atoms with van der Waals surface area (Å²) in [6.45, 7) is 1.59. The lowest BCUT2D eigenvalue weighted by Crippen LogP contribution is -2.41. The van der Waals surface area contributed by atoms with Crippen molar-refractivity contribution in [1.82, 2.24) is 10.2 Å². The van der Waals surface area contributed by atoms with Crippen LogP contribution in [0.3, 0.4) is 0 Å². The van der Waals surface area contributed by atoms with Crippen LogP contribution in [0.5, 0.6) is 0 Å². The monoisotopic (exact) mass is 404 g/mol. The molecule has 2 heterocycles. The van der Waals surface area contributed by atoms with Crippen molar-refractivity contribution in [3.8, 4) is 6.07 Å². The summed E-state index contributed by atoms with van der Waals surface area (Å²) in [5, 5.41) is 12.3. The van der Waals surface area contributed by atoms with Crippen molar-refractivity contribution in [3.05, 3.63) is 76.6 Å². The number of hydrogen-bond donors (Lipinski definition) is 1. The number of halogens is 1. The molecule has 0 aromatic heterocycles. The van der Waals surface area contributed by atoms with Gasteiger partial charge in [0.05, 0.1) is 24.5 Å². The van der Waals surface area contributed by atoms with E-state index in [4.69, 9.17) is 4.74 Å². The van der Waals surface area contributed by atoms with Gasteiger partial charge in [0.25, 0.3) is 11.8 Å². The van der Waals surface area contributed by atoms with Gasteiger partial charge in [-0.3, -0.25) is 9.59 Å². The molecular weight excluding hydrogens is 387 g/mol. The second-order valence-electron chi connectivity index (χ2n) is 6.68. The number of morpholine rings is 1. The Bertz CT molecular complexity index is 1130. The van der Waals surface area contributed by atoms with E-state index in [2.05, 4.69) is 10.3 Å². The molecule has 7 nitrogen and oxygen atoms in total. The van der Waals surface area contributed by atoms with Gasteiger partial charge in [-0.2, -0.15) is 5.26 Å². The number of hydrogen-bond acceptors (Lipinski definition) is 5. The Morgan fingerprint density at radius 3 is 2.43 bits per heavy atom. The lowest BCUT2D eigenvalue weighted by Gasteiger charge is -2.26. The van der Waals surface area contributed by atoms with Crippen LogP contribution in [0.2, 0.25) is 0 Å². The standard InChI is InChI=1S/C22H17FN4O3/c23-18-8-4-3-7-16(18)21(28)26-20-15-6-2-1-5-14(15)19(25-20)17(13-24)22(29)27-9-11-30-12-10-27/h1-8H,9-12H2,(H,25,26,28)/b19-17+. The lowest BCUT2D eigenvalue weighted by molar-refractivity contribution is -0.130. The number of carbonyl (C=O) groups is 2. The number of ether oxygens (including phenoxy) is 1. The zero-order valence-corrected chi connectivity index (χ0v) is 15.9. The quantitative estimate of drug-likeness (QED) is 0.613. The maximum atomic E-state index is 14.0. The highest BCUT2D eigenvalue weighted by Gasteiger charge is 2.30. The number of nitrogens with zero attached hydrogens (tertiary/aromatic N) is 3. The second kappa shape index (κ2) is 8.27. The first-order valence-electron chi connectivity index (χ1n) is 9.36. The predicted octanol–water partition coefficient (Wildman–Crippen LogP) is 2.11. The van der Waals surface area contributed by atoms with E-state index in [0.29, 0.717) is 37.4 Å². The van der Waals surface area contributed by atoms with Crippen molar-refractivity contribution < 1.29 is 18.7 Å². The number of benzene rings is 2. The molecule has 1 saturated heterocycles. The van der Waals surface area contributed by atoms with Gasteiger partial charge >= 0.3 is 0 Å². The van der Waals surface area contributed by atoms with Crippen LogP contribution in [0.15, 0.2) is 59.1 Å². The third kappa shape index (κ3) is 3.58. The Morgan fingerprint density at radius 2 is 1.73 bits per heavy atom. The van der Waals surface area contributed by atoms with Crippen molar-refractivity contribution in [3.63, 3.8) is 0 Å². The van der Waals surface area contributed by atoms with Crippen molar-refractivity contribution in [2.24, 2.45) is 4.99 Å². The topological polar surface area (TPSA) is 94.8 Å². The van der Waals surface area contributed by atoms with E-state index in [1.807, 2.05) is 6.07 Å². The summed E-state index contributed by atoms with van der Waals surface area (Å²) < 4.78 is 19.2. The summed E-state index contributed by atoms with van der Waals surface area (Å²) >= 11 is 0. The number of amidine groups is 1. The van der Waals surface area contributed by atoms with Gasteiger partial charge in [0, 0.05) is 24.2 Å². The molecule has 150 valence electrons. The highest BCUT2D eigenvalue weighted by Crippen LogP contribution is 2.31. The fourth-order valence-corrected chi connectivity index (χ4v) is 3.36. The van der Waals surface area contributed by atoms with Crippen molar-refractivity contribution in [2.75, 3.05) is 26.3 Å². The van der Waals surface area contributed by atoms with Gasteiger partial charge < -0.3 is 15.0 Å². The Kier molecular flexibility index (Phi) is 5.37. The third-order valence-corrected chi connectivity index (χ3v) is 4.87. The Balaban J connectivity index is 1.72. The molecule has 0 radical (unpaired) electrons. The number of aliphatic imine (C=N–C) groups is 1. The number of fused-ring (bicyclic) bond motifs is 1. The van der Waals surface area contributed by atoms with Gasteiger partial charge in [0.2, 0.25) is 0 Å². The highest BCUT2D eigenvalue weighted by atomic mass is 19.1. The van der Waals surface area contributed by atoms with Crippen LogP contribution in [-0.2, 0) is 9.53 Å². The van der Waals surface area contributed by atoms with E-state index in [9.17, 15) is 19.2 Å². The van der Waals surface area contributed by atoms with Gasteiger partial charge in [0.15, 0.2) is 0 Å². The van der Waals surface area contributed by atoms with Crippen LogP contribution >= 0.6 is 0 Å². The predicted molar refractivity (Wildman–Crippen MR) is 107 cm³/mol. The Morgan fingerprint density at radius 1 is 1.07 bits per heavy atom.